The molecule has 0 radical (unpaired) electrons. The van der Waals surface area contributed by atoms with E-state index in [1.807, 2.05) is 32.0 Å². The molecule has 0 saturated carbocycles. The second-order valence-corrected chi connectivity index (χ2v) is 7.96. The largest absolute Gasteiger partial charge is 0.872 e. The SMILES string of the molecule is Cc1cc(C)cc(Oc2coc3c(CN4CCCCCC4)c([O-])ccc3c2=O)c1. The molecule has 0 N–H and O–H groups in total. The van der Waals surface area contributed by atoms with Crippen molar-refractivity contribution in [1.82, 2.24) is 4.90 Å². The third-order valence-corrected chi connectivity index (χ3v) is 5.47. The lowest BCUT2D eigenvalue weighted by molar-refractivity contribution is -0.269. The number of rotatable bonds is 4. The van der Waals surface area contributed by atoms with Crippen LogP contribution in [0.5, 0.6) is 17.2 Å². The molecular formula is C24H26NO4-. The highest BCUT2D eigenvalue weighted by atomic mass is 16.5. The molecule has 152 valence electrons. The van der Waals surface area contributed by atoms with Crippen LogP contribution in [0.3, 0.4) is 0 Å². The number of benzene rings is 2. The van der Waals surface area contributed by atoms with Crippen LogP contribution in [-0.2, 0) is 6.54 Å². The van der Waals surface area contributed by atoms with Crippen molar-refractivity contribution in [2.24, 2.45) is 0 Å². The molecular weight excluding hydrogens is 366 g/mol. The Morgan fingerprint density at radius 3 is 2.41 bits per heavy atom. The molecule has 5 heteroatoms. The highest BCUT2D eigenvalue weighted by molar-refractivity contribution is 5.82. The number of fused-ring (bicyclic) bond motifs is 1. The van der Waals surface area contributed by atoms with E-state index in [0.717, 1.165) is 37.1 Å². The Balaban J connectivity index is 1.69. The van der Waals surface area contributed by atoms with E-state index in [0.29, 0.717) is 28.8 Å². The standard InChI is InChI=1S/C24H27NO4/c1-16-11-17(2)13-18(12-16)29-22-15-28-24-19(23(22)27)7-8-21(26)20(24)14-25-9-5-3-4-6-10-25/h7-8,11-13,15,26H,3-6,9-10,14H2,1-2H3/p-1. The van der Waals surface area contributed by atoms with Gasteiger partial charge in [0.1, 0.15) is 17.6 Å². The Labute approximate surface area is 170 Å². The summed E-state index contributed by atoms with van der Waals surface area (Å²) in [6.45, 7) is 6.40. The number of nitrogens with zero attached hydrogens (tertiary/aromatic N) is 1. The van der Waals surface area contributed by atoms with Gasteiger partial charge in [-0.3, -0.25) is 9.69 Å². The van der Waals surface area contributed by atoms with E-state index in [9.17, 15) is 9.90 Å². The first-order valence-electron chi connectivity index (χ1n) is 10.2. The van der Waals surface area contributed by atoms with Crippen molar-refractivity contribution in [3.05, 3.63) is 63.5 Å². The van der Waals surface area contributed by atoms with Crippen molar-refractivity contribution in [2.75, 3.05) is 13.1 Å². The molecule has 2 heterocycles. The van der Waals surface area contributed by atoms with Crippen LogP contribution in [0.4, 0.5) is 0 Å². The lowest BCUT2D eigenvalue weighted by Crippen LogP contribution is -2.25. The number of hydrogen-bond donors (Lipinski definition) is 0. The normalized spacial score (nSPS) is 15.4. The first-order chi connectivity index (χ1) is 14.0. The summed E-state index contributed by atoms with van der Waals surface area (Å²) in [6.07, 6.45) is 6.05. The summed E-state index contributed by atoms with van der Waals surface area (Å²) < 4.78 is 11.6. The van der Waals surface area contributed by atoms with Crippen LogP contribution >= 0.6 is 0 Å². The highest BCUT2D eigenvalue weighted by Gasteiger charge is 2.16. The van der Waals surface area contributed by atoms with Gasteiger partial charge >= 0.3 is 0 Å². The predicted octanol–water partition coefficient (Wildman–Crippen LogP) is 4.65. The van der Waals surface area contributed by atoms with E-state index >= 15 is 0 Å². The molecule has 5 nitrogen and oxygen atoms in total. The summed E-state index contributed by atoms with van der Waals surface area (Å²) in [7, 11) is 0. The van der Waals surface area contributed by atoms with Crippen LogP contribution in [0, 0.1) is 13.8 Å². The van der Waals surface area contributed by atoms with Crippen molar-refractivity contribution in [3.8, 4) is 17.2 Å². The van der Waals surface area contributed by atoms with Crippen molar-refractivity contribution in [2.45, 2.75) is 46.1 Å². The van der Waals surface area contributed by atoms with Crippen LogP contribution in [0.15, 0.2) is 45.8 Å². The summed E-state index contributed by atoms with van der Waals surface area (Å²) in [5, 5.41) is 12.9. The zero-order valence-corrected chi connectivity index (χ0v) is 17.0. The molecule has 3 aromatic rings. The zero-order valence-electron chi connectivity index (χ0n) is 17.0. The Morgan fingerprint density at radius 2 is 1.72 bits per heavy atom. The Kier molecular flexibility index (Phi) is 5.58. The van der Waals surface area contributed by atoms with E-state index in [2.05, 4.69) is 4.90 Å². The molecule has 1 aliphatic heterocycles. The van der Waals surface area contributed by atoms with Gasteiger partial charge in [-0.2, -0.15) is 0 Å². The van der Waals surface area contributed by atoms with Crippen molar-refractivity contribution < 1.29 is 14.3 Å². The quantitative estimate of drug-likeness (QED) is 0.646. The fourth-order valence-corrected chi connectivity index (χ4v) is 4.08. The fraction of sp³-hybridized carbons (Fsp3) is 0.375. The van der Waals surface area contributed by atoms with Crippen LogP contribution < -0.4 is 15.3 Å². The average molecular weight is 392 g/mol. The summed E-state index contributed by atoms with van der Waals surface area (Å²) in [6, 6.07) is 8.81. The second kappa shape index (κ2) is 8.29. The summed E-state index contributed by atoms with van der Waals surface area (Å²) >= 11 is 0. The van der Waals surface area contributed by atoms with E-state index in [1.54, 1.807) is 6.07 Å². The maximum atomic E-state index is 13.0. The number of ether oxygens (including phenoxy) is 1. The molecule has 29 heavy (non-hydrogen) atoms. The van der Waals surface area contributed by atoms with Gasteiger partial charge in [0.2, 0.25) is 11.2 Å². The van der Waals surface area contributed by atoms with E-state index < -0.39 is 0 Å². The van der Waals surface area contributed by atoms with Gasteiger partial charge in [-0.05, 0) is 69.1 Å². The molecule has 0 unspecified atom stereocenters. The van der Waals surface area contributed by atoms with Crippen LogP contribution in [0.25, 0.3) is 11.0 Å². The minimum Gasteiger partial charge on any atom is -0.872 e. The Hall–Kier alpha value is -2.79. The minimum atomic E-state index is -0.262. The second-order valence-electron chi connectivity index (χ2n) is 7.96. The van der Waals surface area contributed by atoms with E-state index in [1.165, 1.54) is 25.2 Å². The minimum absolute atomic E-state index is 0.0899. The third kappa shape index (κ3) is 4.30. The van der Waals surface area contributed by atoms with E-state index in [-0.39, 0.29) is 16.9 Å². The van der Waals surface area contributed by atoms with Crippen LogP contribution in [-0.4, -0.2) is 18.0 Å². The molecule has 1 saturated heterocycles. The average Bonchev–Trinajstić information content (AvgIpc) is 2.94. The van der Waals surface area contributed by atoms with Gasteiger partial charge in [0.05, 0.1) is 5.39 Å². The maximum Gasteiger partial charge on any atom is 0.235 e. The van der Waals surface area contributed by atoms with Gasteiger partial charge in [0, 0.05) is 12.1 Å². The highest BCUT2D eigenvalue weighted by Crippen LogP contribution is 2.29. The number of hydrogen-bond acceptors (Lipinski definition) is 5. The first-order valence-corrected chi connectivity index (χ1v) is 10.2. The molecule has 0 atom stereocenters. The molecule has 4 rings (SSSR count). The Morgan fingerprint density at radius 1 is 1.03 bits per heavy atom. The molecule has 1 fully saturated rings. The van der Waals surface area contributed by atoms with E-state index in [4.69, 9.17) is 9.15 Å². The smallest absolute Gasteiger partial charge is 0.235 e. The van der Waals surface area contributed by atoms with Gasteiger partial charge < -0.3 is 14.3 Å². The van der Waals surface area contributed by atoms with Gasteiger partial charge in [-0.15, -0.1) is 5.75 Å². The topological polar surface area (TPSA) is 65.7 Å². The molecule has 1 aromatic heterocycles. The lowest BCUT2D eigenvalue weighted by Gasteiger charge is -2.23. The molecule has 0 aliphatic carbocycles. The summed E-state index contributed by atoms with van der Waals surface area (Å²) in [5.41, 5.74) is 2.78. The van der Waals surface area contributed by atoms with Gasteiger partial charge in [0.25, 0.3) is 0 Å². The van der Waals surface area contributed by atoms with Crippen molar-refractivity contribution in [1.29, 1.82) is 0 Å². The van der Waals surface area contributed by atoms with Gasteiger partial charge in [-0.25, -0.2) is 0 Å². The molecule has 2 aromatic carbocycles. The van der Waals surface area contributed by atoms with Crippen molar-refractivity contribution in [3.63, 3.8) is 0 Å². The summed E-state index contributed by atoms with van der Waals surface area (Å²) in [4.78, 5) is 15.3. The van der Waals surface area contributed by atoms with Gasteiger partial charge in [0.15, 0.2) is 0 Å². The molecule has 1 aliphatic rings. The molecule has 0 amide bonds. The summed E-state index contributed by atoms with van der Waals surface area (Å²) in [5.74, 6) is 0.633. The predicted molar refractivity (Wildman–Crippen MR) is 112 cm³/mol. The Bertz CT molecular complexity index is 1060. The lowest BCUT2D eigenvalue weighted by atomic mass is 10.1. The third-order valence-electron chi connectivity index (χ3n) is 5.47. The molecule has 0 spiro atoms. The number of aryl methyl sites for hydroxylation is 2. The monoisotopic (exact) mass is 392 g/mol. The zero-order chi connectivity index (χ0) is 20.4. The maximum absolute atomic E-state index is 13.0. The fourth-order valence-electron chi connectivity index (χ4n) is 4.08. The number of likely N-dealkylation sites (tertiary alicyclic amines) is 1. The molecule has 0 bridgehead atoms. The van der Waals surface area contributed by atoms with Crippen molar-refractivity contribution >= 4 is 11.0 Å². The first kappa shape index (κ1) is 19.5. The van der Waals surface area contributed by atoms with Gasteiger partial charge in [-0.1, -0.05) is 25.0 Å². The van der Waals surface area contributed by atoms with Crippen LogP contribution in [0.2, 0.25) is 0 Å². The van der Waals surface area contributed by atoms with Crippen LogP contribution in [0.1, 0.15) is 42.4 Å².